The highest BCUT2D eigenvalue weighted by atomic mass is 32.2. The Kier molecular flexibility index (Phi) is 5.22. The number of rotatable bonds is 5. The second kappa shape index (κ2) is 7.41. The monoisotopic (exact) mass is 377 g/mol. The maximum absolute atomic E-state index is 13.6. The van der Waals surface area contributed by atoms with Gasteiger partial charge >= 0.3 is 0 Å². The lowest BCUT2D eigenvalue weighted by atomic mass is 10.2. The van der Waals surface area contributed by atoms with E-state index in [9.17, 15) is 17.6 Å². The summed E-state index contributed by atoms with van der Waals surface area (Å²) in [6.07, 6.45) is 2.07. The number of amides is 1. The molecule has 1 aliphatic heterocycles. The fourth-order valence-electron chi connectivity index (χ4n) is 2.96. The second-order valence-electron chi connectivity index (χ2n) is 6.34. The minimum Gasteiger partial charge on any atom is -0.370 e. The number of benzene rings is 1. The predicted octanol–water partition coefficient (Wildman–Crippen LogP) is 1.77. The van der Waals surface area contributed by atoms with Gasteiger partial charge in [0.25, 0.3) is 5.91 Å². The average molecular weight is 377 g/mol. The molecular weight excluding hydrogens is 357 g/mol. The molecule has 2 aromatic rings. The zero-order chi connectivity index (χ0) is 18.7. The number of nitrogens with zero attached hydrogens (tertiary/aromatic N) is 2. The molecule has 0 bridgehead atoms. The molecule has 26 heavy (non-hydrogen) atoms. The molecule has 0 spiro atoms. The molecule has 1 aromatic heterocycles. The summed E-state index contributed by atoms with van der Waals surface area (Å²) in [5.41, 5.74) is 1.31. The summed E-state index contributed by atoms with van der Waals surface area (Å²) < 4.78 is 37.0. The predicted molar refractivity (Wildman–Crippen MR) is 97.3 cm³/mol. The quantitative estimate of drug-likeness (QED) is 0.859. The fraction of sp³-hybridized carbons (Fsp3) is 0.333. The number of sulfone groups is 1. The van der Waals surface area contributed by atoms with Crippen LogP contribution in [-0.4, -0.2) is 43.9 Å². The molecule has 1 fully saturated rings. The summed E-state index contributed by atoms with van der Waals surface area (Å²) in [5.74, 6) is -0.497. The minimum atomic E-state index is -2.99. The SMILES string of the molecule is CN(c1ccnc(C(=O)NCc2ccccc2F)c1)C1CCS(=O)(=O)C1. The molecule has 6 nitrogen and oxygen atoms in total. The normalized spacial score (nSPS) is 18.5. The van der Waals surface area contributed by atoms with Crippen molar-refractivity contribution in [1.29, 1.82) is 0 Å². The van der Waals surface area contributed by atoms with Gasteiger partial charge in [0.15, 0.2) is 9.84 Å². The number of anilines is 1. The zero-order valence-corrected chi connectivity index (χ0v) is 15.2. The Hall–Kier alpha value is -2.48. The number of aromatic nitrogens is 1. The van der Waals surface area contributed by atoms with Gasteiger partial charge in [-0.2, -0.15) is 0 Å². The van der Waals surface area contributed by atoms with E-state index >= 15 is 0 Å². The first kappa shape index (κ1) is 18.3. The van der Waals surface area contributed by atoms with Crippen LogP contribution in [0.15, 0.2) is 42.6 Å². The van der Waals surface area contributed by atoms with E-state index in [1.165, 1.54) is 12.3 Å². The van der Waals surface area contributed by atoms with Crippen molar-refractivity contribution in [3.05, 3.63) is 59.7 Å². The van der Waals surface area contributed by atoms with Crippen LogP contribution in [0.25, 0.3) is 0 Å². The summed E-state index contributed by atoms with van der Waals surface area (Å²) in [6, 6.07) is 9.47. The first-order valence-corrected chi connectivity index (χ1v) is 10.1. The first-order chi connectivity index (χ1) is 12.4. The van der Waals surface area contributed by atoms with Gasteiger partial charge in [0.1, 0.15) is 11.5 Å². The van der Waals surface area contributed by atoms with Gasteiger partial charge in [-0.3, -0.25) is 9.78 Å². The van der Waals surface area contributed by atoms with Crippen molar-refractivity contribution in [2.24, 2.45) is 0 Å². The molecule has 0 radical (unpaired) electrons. The number of halogens is 1. The highest BCUT2D eigenvalue weighted by molar-refractivity contribution is 7.91. The Morgan fingerprint density at radius 3 is 2.81 bits per heavy atom. The topological polar surface area (TPSA) is 79.4 Å². The number of nitrogens with one attached hydrogen (secondary N) is 1. The van der Waals surface area contributed by atoms with Crippen LogP contribution in [0.4, 0.5) is 10.1 Å². The summed E-state index contributed by atoms with van der Waals surface area (Å²) >= 11 is 0. The largest absolute Gasteiger partial charge is 0.370 e. The molecule has 3 rings (SSSR count). The Bertz CT molecular complexity index is 917. The molecule has 1 unspecified atom stereocenters. The van der Waals surface area contributed by atoms with Crippen molar-refractivity contribution in [3.63, 3.8) is 0 Å². The Morgan fingerprint density at radius 1 is 1.35 bits per heavy atom. The Morgan fingerprint density at radius 2 is 2.12 bits per heavy atom. The molecule has 1 saturated heterocycles. The second-order valence-corrected chi connectivity index (χ2v) is 8.57. The minimum absolute atomic E-state index is 0.0636. The summed E-state index contributed by atoms with van der Waals surface area (Å²) in [6.45, 7) is 0.0636. The van der Waals surface area contributed by atoms with E-state index in [-0.39, 0.29) is 35.6 Å². The summed E-state index contributed by atoms with van der Waals surface area (Å²) in [4.78, 5) is 18.2. The molecule has 1 N–H and O–H groups in total. The van der Waals surface area contributed by atoms with Crippen molar-refractivity contribution in [1.82, 2.24) is 10.3 Å². The molecule has 0 saturated carbocycles. The van der Waals surface area contributed by atoms with Crippen LogP contribution >= 0.6 is 0 Å². The average Bonchev–Trinajstić information content (AvgIpc) is 3.00. The van der Waals surface area contributed by atoms with Gasteiger partial charge in [-0.25, -0.2) is 12.8 Å². The van der Waals surface area contributed by atoms with E-state index in [4.69, 9.17) is 0 Å². The van der Waals surface area contributed by atoms with Crippen LogP contribution in [-0.2, 0) is 16.4 Å². The molecule has 1 amide bonds. The summed E-state index contributed by atoms with van der Waals surface area (Å²) in [5, 5.41) is 2.65. The number of hydrogen-bond acceptors (Lipinski definition) is 5. The van der Waals surface area contributed by atoms with E-state index in [2.05, 4.69) is 10.3 Å². The fourth-order valence-corrected chi connectivity index (χ4v) is 4.74. The van der Waals surface area contributed by atoms with E-state index in [0.29, 0.717) is 12.0 Å². The smallest absolute Gasteiger partial charge is 0.270 e. The lowest BCUT2D eigenvalue weighted by Crippen LogP contribution is -2.33. The zero-order valence-electron chi connectivity index (χ0n) is 14.4. The van der Waals surface area contributed by atoms with E-state index in [0.717, 1.165) is 5.69 Å². The molecule has 8 heteroatoms. The van der Waals surface area contributed by atoms with E-state index in [1.54, 1.807) is 30.3 Å². The van der Waals surface area contributed by atoms with E-state index < -0.39 is 15.7 Å². The molecule has 1 aliphatic rings. The standard InChI is InChI=1S/C18H20FN3O3S/c1-22(15-7-9-26(24,25)12-15)14-6-8-20-17(10-14)18(23)21-11-13-4-2-3-5-16(13)19/h2-6,8,10,15H,7,9,11-12H2,1H3,(H,21,23). The van der Waals surface area contributed by atoms with Gasteiger partial charge in [-0.05, 0) is 24.6 Å². The molecule has 1 atom stereocenters. The van der Waals surface area contributed by atoms with Crippen LogP contribution in [0.2, 0.25) is 0 Å². The maximum atomic E-state index is 13.6. The van der Waals surface area contributed by atoms with Crippen molar-refractivity contribution >= 4 is 21.4 Å². The number of pyridine rings is 1. The lowest BCUT2D eigenvalue weighted by molar-refractivity contribution is 0.0945. The molecule has 2 heterocycles. The van der Waals surface area contributed by atoms with Crippen molar-refractivity contribution in [2.45, 2.75) is 19.0 Å². The molecule has 1 aromatic carbocycles. The van der Waals surface area contributed by atoms with Gasteiger partial charge in [0.05, 0.1) is 11.5 Å². The number of hydrogen-bond donors (Lipinski definition) is 1. The van der Waals surface area contributed by atoms with Crippen LogP contribution in [0.5, 0.6) is 0 Å². The van der Waals surface area contributed by atoms with Gasteiger partial charge in [0, 0.05) is 37.1 Å². The highest BCUT2D eigenvalue weighted by Gasteiger charge is 2.31. The molecule has 0 aliphatic carbocycles. The third-order valence-corrected chi connectivity index (χ3v) is 6.29. The van der Waals surface area contributed by atoms with Gasteiger partial charge in [0.2, 0.25) is 0 Å². The number of carbonyl (C=O) groups excluding carboxylic acids is 1. The Labute approximate surface area is 152 Å². The van der Waals surface area contributed by atoms with Crippen LogP contribution < -0.4 is 10.2 Å². The van der Waals surface area contributed by atoms with Crippen LogP contribution in [0.3, 0.4) is 0 Å². The van der Waals surface area contributed by atoms with Gasteiger partial charge in [-0.15, -0.1) is 0 Å². The summed E-state index contributed by atoms with van der Waals surface area (Å²) in [7, 11) is -1.18. The third kappa shape index (κ3) is 4.19. The van der Waals surface area contributed by atoms with Crippen LogP contribution in [0.1, 0.15) is 22.5 Å². The van der Waals surface area contributed by atoms with Crippen molar-refractivity contribution in [3.8, 4) is 0 Å². The van der Waals surface area contributed by atoms with Crippen molar-refractivity contribution < 1.29 is 17.6 Å². The Balaban J connectivity index is 1.68. The van der Waals surface area contributed by atoms with Crippen LogP contribution in [0, 0.1) is 5.82 Å². The number of carbonyl (C=O) groups is 1. The van der Waals surface area contributed by atoms with E-state index in [1.807, 2.05) is 11.9 Å². The molecular formula is C18H20FN3O3S. The van der Waals surface area contributed by atoms with Crippen molar-refractivity contribution in [2.75, 3.05) is 23.5 Å². The molecule has 138 valence electrons. The van der Waals surface area contributed by atoms with Gasteiger partial charge in [-0.1, -0.05) is 18.2 Å². The first-order valence-electron chi connectivity index (χ1n) is 8.26. The van der Waals surface area contributed by atoms with Gasteiger partial charge < -0.3 is 10.2 Å². The maximum Gasteiger partial charge on any atom is 0.270 e. The third-order valence-electron chi connectivity index (χ3n) is 4.54. The lowest BCUT2D eigenvalue weighted by Gasteiger charge is -2.25. The highest BCUT2D eigenvalue weighted by Crippen LogP contribution is 2.23.